The van der Waals surface area contributed by atoms with Crippen LogP contribution in [0.25, 0.3) is 21.8 Å². The molecule has 2 aromatic heterocycles. The van der Waals surface area contributed by atoms with Crippen molar-refractivity contribution < 1.29 is 9.90 Å². The molecule has 0 saturated heterocycles. The van der Waals surface area contributed by atoms with Crippen LogP contribution in [0.15, 0.2) is 73.1 Å². The molecular formula is C18H18N2O2. The summed E-state index contributed by atoms with van der Waals surface area (Å²) in [6, 6.07) is 20.6. The Morgan fingerprint density at radius 3 is 1.50 bits per heavy atom. The Balaban J connectivity index is 0.000000131. The molecule has 2 aromatic carbocycles. The monoisotopic (exact) mass is 294 g/mol. The van der Waals surface area contributed by atoms with E-state index < -0.39 is 5.97 Å². The van der Waals surface area contributed by atoms with Crippen LogP contribution in [0.5, 0.6) is 0 Å². The molecule has 0 saturated carbocycles. The number of carbonyl (C=O) groups is 1. The van der Waals surface area contributed by atoms with E-state index in [-0.39, 0.29) is 0 Å². The van der Waals surface area contributed by atoms with Crippen LogP contribution < -0.4 is 0 Å². The van der Waals surface area contributed by atoms with Gasteiger partial charge < -0.3 is 15.1 Å². The van der Waals surface area contributed by atoms with E-state index in [4.69, 9.17) is 9.90 Å². The molecule has 0 spiro atoms. The van der Waals surface area contributed by atoms with Gasteiger partial charge in [0.25, 0.3) is 5.97 Å². The van der Waals surface area contributed by atoms with Crippen molar-refractivity contribution in [3.63, 3.8) is 0 Å². The van der Waals surface area contributed by atoms with E-state index >= 15 is 0 Å². The Bertz CT molecular complexity index is 716. The Kier molecular flexibility index (Phi) is 5.37. The zero-order chi connectivity index (χ0) is 15.8. The van der Waals surface area contributed by atoms with E-state index in [0.717, 1.165) is 6.92 Å². The van der Waals surface area contributed by atoms with E-state index in [1.165, 1.54) is 21.8 Å². The lowest BCUT2D eigenvalue weighted by atomic mass is 10.3. The first kappa shape index (κ1) is 15.4. The number of carboxylic acids is 1. The first-order valence-electron chi connectivity index (χ1n) is 6.90. The van der Waals surface area contributed by atoms with Crippen molar-refractivity contribution in [1.82, 2.24) is 9.97 Å². The Morgan fingerprint density at radius 2 is 1.14 bits per heavy atom. The number of aliphatic carboxylic acids is 1. The number of rotatable bonds is 0. The summed E-state index contributed by atoms with van der Waals surface area (Å²) >= 11 is 0. The summed E-state index contributed by atoms with van der Waals surface area (Å²) in [5, 5.41) is 9.97. The number of aromatic nitrogens is 2. The average Bonchev–Trinajstić information content (AvgIpc) is 3.16. The number of para-hydroxylation sites is 2. The minimum Gasteiger partial charge on any atom is -0.481 e. The summed E-state index contributed by atoms with van der Waals surface area (Å²) in [4.78, 5) is 15.2. The number of aromatic amines is 2. The van der Waals surface area contributed by atoms with Gasteiger partial charge in [0.05, 0.1) is 0 Å². The normalized spacial score (nSPS) is 9.50. The Labute approximate surface area is 128 Å². The largest absolute Gasteiger partial charge is 0.481 e. The number of fused-ring (bicyclic) bond motifs is 2. The summed E-state index contributed by atoms with van der Waals surface area (Å²) in [6.45, 7) is 1.08. The minimum atomic E-state index is -0.833. The summed E-state index contributed by atoms with van der Waals surface area (Å²) in [5.74, 6) is -0.833. The molecule has 0 aliphatic heterocycles. The average molecular weight is 294 g/mol. The van der Waals surface area contributed by atoms with Crippen LogP contribution in [0.3, 0.4) is 0 Å². The van der Waals surface area contributed by atoms with Crippen molar-refractivity contribution in [2.75, 3.05) is 0 Å². The van der Waals surface area contributed by atoms with E-state index in [1.54, 1.807) is 0 Å². The predicted octanol–water partition coefficient (Wildman–Crippen LogP) is 4.43. The van der Waals surface area contributed by atoms with E-state index in [1.807, 2.05) is 36.7 Å². The number of benzene rings is 2. The fourth-order valence-electron chi connectivity index (χ4n) is 1.99. The maximum atomic E-state index is 9.00. The van der Waals surface area contributed by atoms with Crippen LogP contribution in [-0.4, -0.2) is 21.0 Å². The van der Waals surface area contributed by atoms with Crippen molar-refractivity contribution in [2.24, 2.45) is 0 Å². The molecule has 0 fully saturated rings. The highest BCUT2D eigenvalue weighted by Gasteiger charge is 1.87. The quantitative estimate of drug-likeness (QED) is 0.449. The molecule has 4 rings (SSSR count). The molecule has 3 N–H and O–H groups in total. The zero-order valence-corrected chi connectivity index (χ0v) is 12.3. The van der Waals surface area contributed by atoms with Crippen LogP contribution in [0.4, 0.5) is 0 Å². The maximum Gasteiger partial charge on any atom is 0.300 e. The molecule has 4 nitrogen and oxygen atoms in total. The highest BCUT2D eigenvalue weighted by atomic mass is 16.4. The lowest BCUT2D eigenvalue weighted by Gasteiger charge is -1.83. The van der Waals surface area contributed by atoms with Gasteiger partial charge in [-0.3, -0.25) is 4.79 Å². The Morgan fingerprint density at radius 1 is 0.773 bits per heavy atom. The van der Waals surface area contributed by atoms with Crippen molar-refractivity contribution in [3.05, 3.63) is 73.1 Å². The highest BCUT2D eigenvalue weighted by molar-refractivity contribution is 5.79. The minimum absolute atomic E-state index is 0.833. The van der Waals surface area contributed by atoms with Gasteiger partial charge in [-0.15, -0.1) is 0 Å². The van der Waals surface area contributed by atoms with Crippen LogP contribution >= 0.6 is 0 Å². The van der Waals surface area contributed by atoms with Gasteiger partial charge in [0.1, 0.15) is 0 Å². The summed E-state index contributed by atoms with van der Waals surface area (Å²) < 4.78 is 0. The summed E-state index contributed by atoms with van der Waals surface area (Å²) in [7, 11) is 0. The van der Waals surface area contributed by atoms with Crippen molar-refractivity contribution in [1.29, 1.82) is 0 Å². The number of hydrogen-bond donors (Lipinski definition) is 3. The molecule has 22 heavy (non-hydrogen) atoms. The maximum absolute atomic E-state index is 9.00. The van der Waals surface area contributed by atoms with Crippen LogP contribution in [0.2, 0.25) is 0 Å². The molecular weight excluding hydrogens is 276 g/mol. The third-order valence-corrected chi connectivity index (χ3v) is 2.93. The number of hydrogen-bond acceptors (Lipinski definition) is 1. The Hall–Kier alpha value is -3.01. The van der Waals surface area contributed by atoms with Gasteiger partial charge in [-0.1, -0.05) is 36.4 Å². The first-order chi connectivity index (χ1) is 10.7. The lowest BCUT2D eigenvalue weighted by Crippen LogP contribution is -1.78. The molecule has 0 unspecified atom stereocenters. The molecule has 0 aliphatic rings. The predicted molar refractivity (Wildman–Crippen MR) is 89.9 cm³/mol. The van der Waals surface area contributed by atoms with Gasteiger partial charge in [-0.2, -0.15) is 0 Å². The fourth-order valence-corrected chi connectivity index (χ4v) is 1.99. The fraction of sp³-hybridized carbons (Fsp3) is 0.0556. The standard InChI is InChI=1S/2C8H7N.C2H4O2/c2*1-2-4-8-7(3-1)5-6-9-8;1-2(3)4/h2*1-6,9H;1H3,(H,3,4). The molecule has 4 heteroatoms. The number of nitrogens with one attached hydrogen (secondary N) is 2. The van der Waals surface area contributed by atoms with Gasteiger partial charge in [-0.05, 0) is 35.0 Å². The second-order valence-electron chi connectivity index (χ2n) is 4.65. The SMILES string of the molecule is CC(=O)O.c1ccc2[nH]ccc2c1.c1ccc2[nH]ccc2c1. The zero-order valence-electron chi connectivity index (χ0n) is 12.3. The van der Waals surface area contributed by atoms with Gasteiger partial charge >= 0.3 is 0 Å². The smallest absolute Gasteiger partial charge is 0.300 e. The lowest BCUT2D eigenvalue weighted by molar-refractivity contribution is -0.134. The second-order valence-corrected chi connectivity index (χ2v) is 4.65. The first-order valence-corrected chi connectivity index (χ1v) is 6.90. The van der Waals surface area contributed by atoms with Crippen LogP contribution in [0, 0.1) is 0 Å². The van der Waals surface area contributed by atoms with Gasteiger partial charge in [-0.25, -0.2) is 0 Å². The van der Waals surface area contributed by atoms with Gasteiger partial charge in [0.2, 0.25) is 0 Å². The molecule has 0 bridgehead atoms. The van der Waals surface area contributed by atoms with Crippen molar-refractivity contribution >= 4 is 27.8 Å². The van der Waals surface area contributed by atoms with Gasteiger partial charge in [0, 0.05) is 30.4 Å². The molecule has 0 radical (unpaired) electrons. The third-order valence-electron chi connectivity index (χ3n) is 2.93. The van der Waals surface area contributed by atoms with E-state index in [2.05, 4.69) is 46.4 Å². The molecule has 2 heterocycles. The van der Waals surface area contributed by atoms with Crippen LogP contribution in [0.1, 0.15) is 6.92 Å². The second kappa shape index (κ2) is 7.69. The molecule has 0 aliphatic carbocycles. The molecule has 112 valence electrons. The van der Waals surface area contributed by atoms with Crippen LogP contribution in [-0.2, 0) is 4.79 Å². The number of carboxylic acid groups (broad SMARTS) is 1. The van der Waals surface area contributed by atoms with Gasteiger partial charge in [0.15, 0.2) is 0 Å². The summed E-state index contributed by atoms with van der Waals surface area (Å²) in [6.07, 6.45) is 3.90. The molecule has 4 aromatic rings. The van der Waals surface area contributed by atoms with E-state index in [0.29, 0.717) is 0 Å². The third kappa shape index (κ3) is 4.52. The molecule has 0 atom stereocenters. The van der Waals surface area contributed by atoms with Crippen molar-refractivity contribution in [3.8, 4) is 0 Å². The van der Waals surface area contributed by atoms with Crippen molar-refractivity contribution in [2.45, 2.75) is 6.92 Å². The topological polar surface area (TPSA) is 68.9 Å². The summed E-state index contributed by atoms with van der Waals surface area (Å²) in [5.41, 5.74) is 2.41. The number of H-pyrrole nitrogens is 2. The molecule has 0 amide bonds. The highest BCUT2D eigenvalue weighted by Crippen LogP contribution is 2.09. The van der Waals surface area contributed by atoms with E-state index in [9.17, 15) is 0 Å².